The van der Waals surface area contributed by atoms with Crippen molar-refractivity contribution >= 4 is 6.08 Å². The van der Waals surface area contributed by atoms with Crippen LogP contribution in [0.3, 0.4) is 0 Å². The molecule has 33 heavy (non-hydrogen) atoms. The lowest BCUT2D eigenvalue weighted by atomic mass is 9.75. The van der Waals surface area contributed by atoms with E-state index in [-0.39, 0.29) is 0 Å². The Hall–Kier alpha value is -2.34. The van der Waals surface area contributed by atoms with Crippen molar-refractivity contribution in [1.29, 1.82) is 0 Å². The van der Waals surface area contributed by atoms with Gasteiger partial charge in [0, 0.05) is 5.92 Å². The van der Waals surface area contributed by atoms with Gasteiger partial charge in [-0.05, 0) is 97.6 Å². The van der Waals surface area contributed by atoms with Crippen LogP contribution >= 0.6 is 0 Å². The number of rotatable bonds is 5. The van der Waals surface area contributed by atoms with Crippen molar-refractivity contribution in [2.75, 3.05) is 0 Å². The van der Waals surface area contributed by atoms with Crippen molar-refractivity contribution in [2.45, 2.75) is 78.6 Å². The summed E-state index contributed by atoms with van der Waals surface area (Å²) in [7, 11) is 0. The van der Waals surface area contributed by atoms with Crippen LogP contribution < -0.4 is 0 Å². The van der Waals surface area contributed by atoms with E-state index in [0.29, 0.717) is 5.92 Å². The number of aryl methyl sites for hydroxylation is 2. The third-order valence-corrected chi connectivity index (χ3v) is 8.86. The van der Waals surface area contributed by atoms with E-state index in [1.54, 1.807) is 11.1 Å². The average molecular weight is 437 g/mol. The summed E-state index contributed by atoms with van der Waals surface area (Å²) in [6, 6.07) is 11.8. The Morgan fingerprint density at radius 2 is 1.67 bits per heavy atom. The molecule has 0 bridgehead atoms. The summed E-state index contributed by atoms with van der Waals surface area (Å²) < 4.78 is 0. The fraction of sp³-hybridized carbons (Fsp3) is 0.455. The zero-order valence-corrected chi connectivity index (χ0v) is 21.0. The van der Waals surface area contributed by atoms with Crippen LogP contribution in [-0.4, -0.2) is 0 Å². The van der Waals surface area contributed by atoms with Crippen LogP contribution in [0, 0.1) is 31.6 Å². The smallest absolute Gasteiger partial charge is 0.00392 e. The molecule has 0 heteroatoms. The highest BCUT2D eigenvalue weighted by Crippen LogP contribution is 2.44. The van der Waals surface area contributed by atoms with Crippen LogP contribution in [0.25, 0.3) is 17.2 Å². The van der Waals surface area contributed by atoms with Gasteiger partial charge < -0.3 is 0 Å². The van der Waals surface area contributed by atoms with Crippen molar-refractivity contribution in [2.24, 2.45) is 17.8 Å². The maximum absolute atomic E-state index is 4.35. The SMILES string of the molecule is C=C1CCC(=C)C1CC1=Cc2cccc(-c3cc(C)cc(C)c3C[C@@H]3CCCCC3C)c2C1. The third-order valence-electron chi connectivity index (χ3n) is 8.86. The summed E-state index contributed by atoms with van der Waals surface area (Å²) in [5.74, 6) is 2.15. The summed E-state index contributed by atoms with van der Waals surface area (Å²) in [6.45, 7) is 15.8. The standard InChI is InChI=1S/C33H40/c1-21-15-25(5)31(20-27-10-7-6-9-22(27)2)33(16-21)29-12-8-11-28-17-26(19-32(28)29)18-30-23(3)13-14-24(30)4/h8,11-12,15-17,22,27,30H,3-4,6-7,9-10,13-14,18-20H2,1-2,5H3/t22?,27-/m0/s1. The van der Waals surface area contributed by atoms with Crippen LogP contribution in [0.2, 0.25) is 0 Å². The Bertz CT molecular complexity index is 1110. The molecule has 0 aromatic heterocycles. The van der Waals surface area contributed by atoms with E-state index in [1.165, 1.54) is 76.6 Å². The van der Waals surface area contributed by atoms with Gasteiger partial charge in [0.05, 0.1) is 0 Å². The molecule has 0 amide bonds. The first kappa shape index (κ1) is 22.5. The number of hydrogen-bond acceptors (Lipinski definition) is 0. The lowest BCUT2D eigenvalue weighted by Gasteiger charge is -2.30. The molecule has 0 saturated heterocycles. The molecular weight excluding hydrogens is 396 g/mol. The minimum Gasteiger partial charge on any atom is -0.0992 e. The van der Waals surface area contributed by atoms with Crippen molar-refractivity contribution in [1.82, 2.24) is 0 Å². The predicted octanol–water partition coefficient (Wildman–Crippen LogP) is 9.19. The molecule has 0 aliphatic heterocycles. The molecule has 0 nitrogen and oxygen atoms in total. The van der Waals surface area contributed by atoms with Crippen LogP contribution in [-0.2, 0) is 12.8 Å². The molecule has 3 aliphatic carbocycles. The van der Waals surface area contributed by atoms with Crippen LogP contribution in [0.5, 0.6) is 0 Å². The summed E-state index contributed by atoms with van der Waals surface area (Å²) in [6.07, 6.45) is 13.7. The quantitative estimate of drug-likeness (QED) is 0.410. The fourth-order valence-electron chi connectivity index (χ4n) is 6.80. The second-order valence-electron chi connectivity index (χ2n) is 11.3. The molecule has 0 N–H and O–H groups in total. The minimum absolute atomic E-state index is 0.485. The molecular formula is C33H40. The van der Waals surface area contributed by atoms with Crippen LogP contribution in [0.1, 0.15) is 79.7 Å². The highest BCUT2D eigenvalue weighted by molar-refractivity contribution is 5.80. The number of benzene rings is 2. The molecule has 2 atom stereocenters. The van der Waals surface area contributed by atoms with E-state index in [0.717, 1.165) is 37.5 Å². The molecule has 2 aromatic rings. The molecule has 2 fully saturated rings. The Morgan fingerprint density at radius 1 is 0.909 bits per heavy atom. The number of allylic oxidation sites excluding steroid dienone is 3. The molecule has 5 rings (SSSR count). The summed E-state index contributed by atoms with van der Waals surface area (Å²) in [5.41, 5.74) is 14.7. The van der Waals surface area contributed by atoms with E-state index in [9.17, 15) is 0 Å². The zero-order chi connectivity index (χ0) is 23.1. The third kappa shape index (κ3) is 4.42. The van der Waals surface area contributed by atoms with Gasteiger partial charge in [0.2, 0.25) is 0 Å². The van der Waals surface area contributed by atoms with Gasteiger partial charge in [-0.25, -0.2) is 0 Å². The van der Waals surface area contributed by atoms with Crippen molar-refractivity contribution in [3.8, 4) is 11.1 Å². The zero-order valence-electron chi connectivity index (χ0n) is 21.0. The Balaban J connectivity index is 1.47. The van der Waals surface area contributed by atoms with E-state index < -0.39 is 0 Å². The van der Waals surface area contributed by atoms with Gasteiger partial charge in [0.1, 0.15) is 0 Å². The van der Waals surface area contributed by atoms with Crippen molar-refractivity contribution in [3.05, 3.63) is 88.0 Å². The second kappa shape index (κ2) is 9.13. The van der Waals surface area contributed by atoms with Crippen LogP contribution in [0.15, 0.2) is 60.2 Å². The summed E-state index contributed by atoms with van der Waals surface area (Å²) in [4.78, 5) is 0. The van der Waals surface area contributed by atoms with Crippen molar-refractivity contribution in [3.63, 3.8) is 0 Å². The lowest BCUT2D eigenvalue weighted by Crippen LogP contribution is -2.19. The Kier molecular flexibility index (Phi) is 6.21. The summed E-state index contributed by atoms with van der Waals surface area (Å²) >= 11 is 0. The van der Waals surface area contributed by atoms with Gasteiger partial charge in [0.15, 0.2) is 0 Å². The van der Waals surface area contributed by atoms with Crippen molar-refractivity contribution < 1.29 is 0 Å². The number of fused-ring (bicyclic) bond motifs is 1. The number of hydrogen-bond donors (Lipinski definition) is 0. The molecule has 1 unspecified atom stereocenters. The molecule has 0 spiro atoms. The van der Waals surface area contributed by atoms with Gasteiger partial charge in [-0.2, -0.15) is 0 Å². The molecule has 0 heterocycles. The first-order valence-corrected chi connectivity index (χ1v) is 13.2. The average Bonchev–Trinajstić information content (AvgIpc) is 3.34. The normalized spacial score (nSPS) is 23.2. The molecule has 2 saturated carbocycles. The van der Waals surface area contributed by atoms with Gasteiger partial charge >= 0.3 is 0 Å². The fourth-order valence-corrected chi connectivity index (χ4v) is 6.80. The van der Waals surface area contributed by atoms with Gasteiger partial charge in [0.25, 0.3) is 0 Å². The second-order valence-corrected chi connectivity index (χ2v) is 11.3. The lowest BCUT2D eigenvalue weighted by molar-refractivity contribution is 0.254. The van der Waals surface area contributed by atoms with E-state index in [1.807, 2.05) is 0 Å². The summed E-state index contributed by atoms with van der Waals surface area (Å²) in [5, 5.41) is 0. The van der Waals surface area contributed by atoms with E-state index in [4.69, 9.17) is 0 Å². The van der Waals surface area contributed by atoms with Crippen LogP contribution in [0.4, 0.5) is 0 Å². The first-order chi connectivity index (χ1) is 15.9. The van der Waals surface area contributed by atoms with E-state index >= 15 is 0 Å². The molecule has 3 aliphatic rings. The largest absolute Gasteiger partial charge is 0.0992 e. The highest BCUT2D eigenvalue weighted by atomic mass is 14.3. The Labute approximate surface area is 201 Å². The first-order valence-electron chi connectivity index (χ1n) is 13.2. The maximum Gasteiger partial charge on any atom is 0.00392 e. The van der Waals surface area contributed by atoms with Gasteiger partial charge in [-0.1, -0.05) is 98.0 Å². The minimum atomic E-state index is 0.485. The van der Waals surface area contributed by atoms with Gasteiger partial charge in [-0.3, -0.25) is 0 Å². The predicted molar refractivity (Wildman–Crippen MR) is 143 cm³/mol. The topological polar surface area (TPSA) is 0 Å². The maximum atomic E-state index is 4.35. The highest BCUT2D eigenvalue weighted by Gasteiger charge is 2.28. The Morgan fingerprint density at radius 3 is 2.42 bits per heavy atom. The van der Waals surface area contributed by atoms with Gasteiger partial charge in [-0.15, -0.1) is 0 Å². The van der Waals surface area contributed by atoms with E-state index in [2.05, 4.69) is 70.3 Å². The monoisotopic (exact) mass is 436 g/mol. The molecule has 0 radical (unpaired) electrons. The molecule has 172 valence electrons. The molecule has 2 aromatic carbocycles.